The Balaban J connectivity index is 1.10. The van der Waals surface area contributed by atoms with Gasteiger partial charge < -0.3 is 9.32 Å². The molecule has 63 heavy (non-hydrogen) atoms. The maximum absolute atomic E-state index is 6.12. The molecular weight excluding hydrogens is 825 g/mol. The summed E-state index contributed by atoms with van der Waals surface area (Å²) < 4.78 is 38.8. The highest BCUT2D eigenvalue weighted by Gasteiger charge is 2.33. The van der Waals surface area contributed by atoms with Gasteiger partial charge in [0, 0.05) is 16.7 Å². The van der Waals surface area contributed by atoms with Crippen molar-refractivity contribution in [2.75, 3.05) is 4.90 Å². The van der Waals surface area contributed by atoms with Crippen LogP contribution in [-0.2, 0) is 0 Å². The van der Waals surface area contributed by atoms with Crippen molar-refractivity contribution in [3.63, 3.8) is 0 Å². The van der Waals surface area contributed by atoms with E-state index in [0.717, 1.165) is 82.6 Å². The van der Waals surface area contributed by atoms with Crippen molar-refractivity contribution >= 4 is 74.9 Å². The fraction of sp³-hybridized carbons (Fsp3) is 0.118. The molecule has 0 fully saturated rings. The minimum absolute atomic E-state index is 0.599. The number of aromatic nitrogens is 1. The molecule has 12 heteroatoms. The Hall–Kier alpha value is -7.00. The van der Waals surface area contributed by atoms with Crippen LogP contribution in [0, 0.1) is 0 Å². The second kappa shape index (κ2) is 13.5. The normalized spacial score (nSPS) is 16.0. The van der Waals surface area contributed by atoms with E-state index in [2.05, 4.69) is 166 Å². The van der Waals surface area contributed by atoms with Crippen LogP contribution in [0.1, 0.15) is 0 Å². The van der Waals surface area contributed by atoms with Crippen LogP contribution < -0.4 is 37.0 Å². The third-order valence-electron chi connectivity index (χ3n) is 12.1. The smallest absolute Gasteiger partial charge is 0.298 e. The molecule has 3 aliphatic rings. The number of rotatable bonds is 6. The molecule has 0 N–H and O–H groups in total. The molecule has 0 atom stereocenters. The van der Waals surface area contributed by atoms with E-state index in [1.807, 2.05) is 24.3 Å². The Bertz CT molecular complexity index is 3780. The van der Waals surface area contributed by atoms with Crippen molar-refractivity contribution in [2.24, 2.45) is 27.9 Å². The van der Waals surface area contributed by atoms with E-state index in [9.17, 15) is 0 Å². The summed E-state index contributed by atoms with van der Waals surface area (Å²) in [5, 5.41) is 10.2. The van der Waals surface area contributed by atoms with E-state index in [1.165, 1.54) is 27.1 Å². The molecule has 0 spiro atoms. The lowest BCUT2D eigenvalue weighted by molar-refractivity contribution is 0.620. The van der Waals surface area contributed by atoms with Crippen LogP contribution in [0.15, 0.2) is 178 Å². The van der Waals surface area contributed by atoms with E-state index < -0.39 is 25.2 Å². The van der Waals surface area contributed by atoms with Gasteiger partial charge in [0.25, 0.3) is 25.2 Å². The van der Waals surface area contributed by atoms with Crippen molar-refractivity contribution in [3.8, 4) is 33.7 Å². The predicted octanol–water partition coefficient (Wildman–Crippen LogP) is 9.47. The van der Waals surface area contributed by atoms with Gasteiger partial charge in [0.05, 0.1) is 49.2 Å². The van der Waals surface area contributed by atoms with Crippen LogP contribution in [-0.4, -0.2) is 30.2 Å². The van der Waals surface area contributed by atoms with E-state index in [4.69, 9.17) is 37.3 Å². The summed E-state index contributed by atoms with van der Waals surface area (Å²) in [6.45, 7) is 13.2. The topological polar surface area (TPSA) is 103 Å². The number of fused-ring (bicyclic) bond motifs is 6. The van der Waals surface area contributed by atoms with E-state index in [0.29, 0.717) is 5.89 Å². The fourth-order valence-electron chi connectivity index (χ4n) is 9.50. The Morgan fingerprint density at radius 2 is 0.952 bits per heavy atom. The molecular formula is C51H42N8OSi3. The molecule has 8 aromatic carbocycles. The molecule has 3 aliphatic heterocycles. The maximum atomic E-state index is 6.12. The largest absolute Gasteiger partial charge is 0.436 e. The Kier molecular flexibility index (Phi) is 8.09. The number of anilines is 3. The highest BCUT2D eigenvalue weighted by atomic mass is 28.4. The first-order valence-corrected chi connectivity index (χ1v) is 30.1. The third-order valence-corrected chi connectivity index (χ3v) is 16.7. The van der Waals surface area contributed by atoms with Crippen molar-refractivity contribution in [1.82, 2.24) is 4.98 Å². The van der Waals surface area contributed by atoms with Gasteiger partial charge in [-0.3, -0.25) is 27.9 Å². The first-order valence-electron chi connectivity index (χ1n) is 21.4. The second-order valence-electron chi connectivity index (χ2n) is 18.1. The van der Waals surface area contributed by atoms with Crippen LogP contribution >= 0.6 is 0 Å². The summed E-state index contributed by atoms with van der Waals surface area (Å²) in [7, 11) is -7.16. The average Bonchev–Trinajstić information content (AvgIpc) is 4.02. The monoisotopic (exact) mass is 866 g/mol. The van der Waals surface area contributed by atoms with Crippen LogP contribution in [0.3, 0.4) is 0 Å². The van der Waals surface area contributed by atoms with Gasteiger partial charge in [-0.15, -0.1) is 0 Å². The summed E-state index contributed by atoms with van der Waals surface area (Å²) in [6, 6.07) is 51.2. The van der Waals surface area contributed by atoms with E-state index in [-0.39, 0.29) is 0 Å². The van der Waals surface area contributed by atoms with E-state index in [1.54, 1.807) is 0 Å². The van der Waals surface area contributed by atoms with Gasteiger partial charge in [-0.25, -0.2) is 4.98 Å². The number of benzene rings is 8. The van der Waals surface area contributed by atoms with Crippen molar-refractivity contribution in [1.29, 1.82) is 0 Å². The minimum Gasteiger partial charge on any atom is -0.436 e. The van der Waals surface area contributed by atoms with Crippen LogP contribution in [0.2, 0.25) is 39.3 Å². The van der Waals surface area contributed by atoms with Crippen LogP contribution in [0.5, 0.6) is 0 Å². The van der Waals surface area contributed by atoms with Gasteiger partial charge in [-0.05, 0) is 133 Å². The van der Waals surface area contributed by atoms with Crippen molar-refractivity contribution in [2.45, 2.75) is 39.3 Å². The first kappa shape index (κ1) is 37.7. The Labute approximate surface area is 366 Å². The molecule has 0 saturated heterocycles. The lowest BCUT2D eigenvalue weighted by Crippen LogP contribution is -2.38. The zero-order chi connectivity index (χ0) is 42.8. The lowest BCUT2D eigenvalue weighted by atomic mass is 9.91. The molecule has 0 radical (unpaired) electrons. The second-order valence-corrected chi connectivity index (χ2v) is 28.4. The third kappa shape index (κ3) is 6.19. The highest BCUT2D eigenvalue weighted by Crippen LogP contribution is 2.37. The zero-order valence-electron chi connectivity index (χ0n) is 35.8. The number of hydrogen-bond acceptors (Lipinski definition) is 9. The maximum Gasteiger partial charge on any atom is 0.298 e. The molecule has 9 nitrogen and oxygen atoms in total. The van der Waals surface area contributed by atoms with Crippen molar-refractivity contribution < 1.29 is 4.42 Å². The lowest BCUT2D eigenvalue weighted by Gasteiger charge is -2.26. The molecule has 4 heterocycles. The van der Waals surface area contributed by atoms with Crippen LogP contribution in [0.25, 0.3) is 66.4 Å². The van der Waals surface area contributed by atoms with Crippen LogP contribution in [0.4, 0.5) is 17.1 Å². The van der Waals surface area contributed by atoms with Gasteiger partial charge in [0.2, 0.25) is 5.89 Å². The average molecular weight is 867 g/mol. The molecule has 12 rings (SSSR count). The minimum atomic E-state index is -2.46. The number of oxazole rings is 1. The van der Waals surface area contributed by atoms with Crippen molar-refractivity contribution in [3.05, 3.63) is 178 Å². The van der Waals surface area contributed by atoms with Gasteiger partial charge in [0.1, 0.15) is 5.52 Å². The summed E-state index contributed by atoms with van der Waals surface area (Å²) in [4.78, 5) is 7.08. The predicted molar refractivity (Wildman–Crippen MR) is 259 cm³/mol. The molecule has 0 aliphatic carbocycles. The molecule has 0 bridgehead atoms. The molecule has 1 aromatic heterocycles. The summed E-state index contributed by atoms with van der Waals surface area (Å²) >= 11 is 0. The van der Waals surface area contributed by atoms with Gasteiger partial charge >= 0.3 is 0 Å². The summed E-state index contributed by atoms with van der Waals surface area (Å²) in [5.74, 6) is 0.599. The van der Waals surface area contributed by atoms with Gasteiger partial charge in [-0.2, -0.15) is 0 Å². The fourth-order valence-corrected chi connectivity index (χ4v) is 14.3. The summed E-state index contributed by atoms with van der Waals surface area (Å²) in [5.41, 5.74) is 9.69. The van der Waals surface area contributed by atoms with E-state index >= 15 is 0 Å². The van der Waals surface area contributed by atoms with Gasteiger partial charge in [-0.1, -0.05) is 84.9 Å². The molecule has 0 amide bonds. The molecule has 0 unspecified atom stereocenters. The van der Waals surface area contributed by atoms with Gasteiger partial charge in [0.15, 0.2) is 5.58 Å². The molecule has 9 aromatic rings. The standard InChI is InChI=1S/C51H42N8OSi3/c1-61(2)53-40-19-13-20-41(48(40)56-61)59(43-29-27-38(47-50(43)58-63(5,6)55-47)45-35-16-9-7-14-33(35)30-34-15-8-10-17-36(34)45)42-28-26-37(46-49(42)57-62(3,4)54-46)31-22-24-32(25-23-31)51-52-39-18-11-12-21-44(39)60-51/h7-30H,1-6H3. The Morgan fingerprint density at radius 1 is 0.429 bits per heavy atom. The SMILES string of the molecule is C[Si]1(C)N=c2cccc(N(c3ccc(-c4ccc(-c5nc6ccccc6o5)cc4)c4c3=N[Si](C)(C)N=4)c3ccc(-c4c5ccccc5cc5ccccc45)c4c3=N[Si](C)(C)N=4)c2=N1. The zero-order valence-corrected chi connectivity index (χ0v) is 38.8. The molecule has 304 valence electrons. The number of para-hydroxylation sites is 2. The number of nitrogens with zero attached hydrogens (tertiary/aromatic N) is 8. The first-order chi connectivity index (χ1) is 30.4. The Morgan fingerprint density at radius 3 is 1.62 bits per heavy atom. The summed E-state index contributed by atoms with van der Waals surface area (Å²) in [6.07, 6.45) is 0. The molecule has 0 saturated carbocycles. The number of hydrogen-bond donors (Lipinski definition) is 0. The highest BCUT2D eigenvalue weighted by molar-refractivity contribution is 6.75. The quantitative estimate of drug-likeness (QED) is 0.123.